The van der Waals surface area contributed by atoms with Gasteiger partial charge in [-0.05, 0) is 31.4 Å². The van der Waals surface area contributed by atoms with E-state index in [1.807, 2.05) is 42.5 Å². The molecule has 0 aliphatic carbocycles. The van der Waals surface area contributed by atoms with Crippen molar-refractivity contribution in [1.82, 2.24) is 15.5 Å². The fraction of sp³-hybridized carbons (Fsp3) is 0.476. The largest absolute Gasteiger partial charge is 0.356 e. The normalized spacial score (nSPS) is 15.0. The zero-order chi connectivity index (χ0) is 18.2. The van der Waals surface area contributed by atoms with Gasteiger partial charge in [0, 0.05) is 31.1 Å². The molecule has 0 atom stereocenters. The van der Waals surface area contributed by atoms with Crippen LogP contribution < -0.4 is 10.2 Å². The molecule has 26 heavy (non-hydrogen) atoms. The Morgan fingerprint density at radius 3 is 2.50 bits per heavy atom. The van der Waals surface area contributed by atoms with Crippen molar-refractivity contribution in [3.63, 3.8) is 0 Å². The van der Waals surface area contributed by atoms with Crippen LogP contribution in [0.15, 0.2) is 42.5 Å². The lowest BCUT2D eigenvalue weighted by Gasteiger charge is -2.31. The van der Waals surface area contributed by atoms with Crippen LogP contribution in [-0.2, 0) is 4.79 Å². The minimum Gasteiger partial charge on any atom is -0.356 e. The van der Waals surface area contributed by atoms with Crippen LogP contribution in [0.25, 0.3) is 11.3 Å². The van der Waals surface area contributed by atoms with Crippen molar-refractivity contribution in [3.05, 3.63) is 42.5 Å². The number of carbonyl (C=O) groups is 1. The van der Waals surface area contributed by atoms with E-state index in [0.717, 1.165) is 56.0 Å². The maximum Gasteiger partial charge on any atom is 0.223 e. The van der Waals surface area contributed by atoms with Gasteiger partial charge in [-0.15, -0.1) is 10.2 Å². The van der Waals surface area contributed by atoms with Crippen LogP contribution in [0.3, 0.4) is 0 Å². The number of hydrogen-bond acceptors (Lipinski definition) is 4. The second kappa shape index (κ2) is 9.32. The standard InChI is InChI=1S/C21H28N4O/c1-2-3-7-14-22-21(26)18-12-15-25(16-13-18)20-11-10-19(23-24-20)17-8-5-4-6-9-17/h4-6,8-11,18H,2-3,7,12-16H2,1H3,(H,22,26). The smallest absolute Gasteiger partial charge is 0.223 e. The monoisotopic (exact) mass is 352 g/mol. The Kier molecular flexibility index (Phi) is 6.58. The van der Waals surface area contributed by atoms with E-state index in [4.69, 9.17) is 0 Å². The third-order valence-electron chi connectivity index (χ3n) is 4.99. The number of piperidine rings is 1. The van der Waals surface area contributed by atoms with Gasteiger partial charge in [0.05, 0.1) is 5.69 Å². The van der Waals surface area contributed by atoms with Gasteiger partial charge in [-0.2, -0.15) is 0 Å². The van der Waals surface area contributed by atoms with Crippen LogP contribution in [0.4, 0.5) is 5.82 Å². The topological polar surface area (TPSA) is 58.1 Å². The van der Waals surface area contributed by atoms with E-state index in [1.54, 1.807) is 0 Å². The first-order valence-electron chi connectivity index (χ1n) is 9.69. The number of aromatic nitrogens is 2. The molecule has 5 nitrogen and oxygen atoms in total. The molecule has 1 aliphatic rings. The number of carbonyl (C=O) groups excluding carboxylic acids is 1. The minimum atomic E-state index is 0.129. The molecule has 3 rings (SSSR count). The molecule has 1 aromatic carbocycles. The highest BCUT2D eigenvalue weighted by Crippen LogP contribution is 2.23. The molecular weight excluding hydrogens is 324 g/mol. The Morgan fingerprint density at radius 1 is 1.08 bits per heavy atom. The van der Waals surface area contributed by atoms with E-state index in [2.05, 4.69) is 27.3 Å². The van der Waals surface area contributed by atoms with Crippen LogP contribution in [0.5, 0.6) is 0 Å². The molecule has 2 aromatic rings. The van der Waals surface area contributed by atoms with Gasteiger partial charge in [0.2, 0.25) is 5.91 Å². The summed E-state index contributed by atoms with van der Waals surface area (Å²) in [5.41, 5.74) is 1.96. The number of amides is 1. The van der Waals surface area contributed by atoms with Crippen molar-refractivity contribution >= 4 is 11.7 Å². The van der Waals surface area contributed by atoms with Crippen LogP contribution >= 0.6 is 0 Å². The highest BCUT2D eigenvalue weighted by Gasteiger charge is 2.25. The molecule has 1 aromatic heterocycles. The summed E-state index contributed by atoms with van der Waals surface area (Å²) in [5.74, 6) is 1.24. The highest BCUT2D eigenvalue weighted by atomic mass is 16.1. The van der Waals surface area contributed by atoms with E-state index in [9.17, 15) is 4.79 Å². The summed E-state index contributed by atoms with van der Waals surface area (Å²) in [7, 11) is 0. The van der Waals surface area contributed by atoms with Gasteiger partial charge in [-0.1, -0.05) is 50.1 Å². The second-order valence-electron chi connectivity index (χ2n) is 6.90. The molecular formula is C21H28N4O. The molecule has 2 heterocycles. The molecule has 1 fully saturated rings. The lowest BCUT2D eigenvalue weighted by atomic mass is 9.96. The first-order valence-corrected chi connectivity index (χ1v) is 9.69. The number of rotatable bonds is 7. The maximum atomic E-state index is 12.2. The minimum absolute atomic E-state index is 0.129. The van der Waals surface area contributed by atoms with Crippen molar-refractivity contribution in [1.29, 1.82) is 0 Å². The number of nitrogens with one attached hydrogen (secondary N) is 1. The summed E-state index contributed by atoms with van der Waals surface area (Å²) >= 11 is 0. The first kappa shape index (κ1) is 18.4. The lowest BCUT2D eigenvalue weighted by Crippen LogP contribution is -2.41. The molecule has 5 heteroatoms. The van der Waals surface area contributed by atoms with Gasteiger partial charge in [0.1, 0.15) is 0 Å². The van der Waals surface area contributed by atoms with E-state index < -0.39 is 0 Å². The van der Waals surface area contributed by atoms with Gasteiger partial charge in [-0.3, -0.25) is 4.79 Å². The second-order valence-corrected chi connectivity index (χ2v) is 6.90. The van der Waals surface area contributed by atoms with Crippen molar-refractivity contribution in [2.45, 2.75) is 39.0 Å². The first-order chi connectivity index (χ1) is 12.8. The predicted octanol–water partition coefficient (Wildman–Crippen LogP) is 3.67. The molecule has 138 valence electrons. The maximum absolute atomic E-state index is 12.2. The quantitative estimate of drug-likeness (QED) is 0.773. The fourth-order valence-electron chi connectivity index (χ4n) is 3.36. The Morgan fingerprint density at radius 2 is 1.85 bits per heavy atom. The predicted molar refractivity (Wildman–Crippen MR) is 105 cm³/mol. The van der Waals surface area contributed by atoms with Gasteiger partial charge < -0.3 is 10.2 Å². The highest BCUT2D eigenvalue weighted by molar-refractivity contribution is 5.78. The number of benzene rings is 1. The lowest BCUT2D eigenvalue weighted by molar-refractivity contribution is -0.125. The summed E-state index contributed by atoms with van der Waals surface area (Å²) in [4.78, 5) is 14.5. The zero-order valence-corrected chi connectivity index (χ0v) is 15.5. The summed E-state index contributed by atoms with van der Waals surface area (Å²) in [6, 6.07) is 14.1. The Bertz CT molecular complexity index is 679. The Hall–Kier alpha value is -2.43. The SMILES string of the molecule is CCCCCNC(=O)C1CCN(c2ccc(-c3ccccc3)nn2)CC1. The van der Waals surface area contributed by atoms with Crippen LogP contribution in [-0.4, -0.2) is 35.7 Å². The number of unbranched alkanes of at least 4 members (excludes halogenated alkanes) is 2. The molecule has 1 amide bonds. The van der Waals surface area contributed by atoms with E-state index in [-0.39, 0.29) is 11.8 Å². The molecule has 1 N–H and O–H groups in total. The molecule has 1 saturated heterocycles. The zero-order valence-electron chi connectivity index (χ0n) is 15.5. The van der Waals surface area contributed by atoms with Crippen molar-refractivity contribution in [2.75, 3.05) is 24.5 Å². The van der Waals surface area contributed by atoms with Crippen molar-refractivity contribution in [3.8, 4) is 11.3 Å². The summed E-state index contributed by atoms with van der Waals surface area (Å²) in [5, 5.41) is 11.8. The molecule has 0 saturated carbocycles. The van der Waals surface area contributed by atoms with Crippen molar-refractivity contribution < 1.29 is 4.79 Å². The van der Waals surface area contributed by atoms with E-state index >= 15 is 0 Å². The average molecular weight is 352 g/mol. The van der Waals surface area contributed by atoms with E-state index in [1.165, 1.54) is 12.8 Å². The van der Waals surface area contributed by atoms with E-state index in [0.29, 0.717) is 0 Å². The summed E-state index contributed by atoms with van der Waals surface area (Å²) in [6.45, 7) is 4.69. The van der Waals surface area contributed by atoms with Gasteiger partial charge in [0.15, 0.2) is 5.82 Å². The molecule has 1 aliphatic heterocycles. The van der Waals surface area contributed by atoms with Gasteiger partial charge in [0.25, 0.3) is 0 Å². The van der Waals surface area contributed by atoms with Crippen LogP contribution in [0, 0.1) is 5.92 Å². The summed E-state index contributed by atoms with van der Waals surface area (Å²) < 4.78 is 0. The van der Waals surface area contributed by atoms with Crippen molar-refractivity contribution in [2.24, 2.45) is 5.92 Å². The van der Waals surface area contributed by atoms with Gasteiger partial charge in [-0.25, -0.2) is 0 Å². The number of hydrogen-bond donors (Lipinski definition) is 1. The third kappa shape index (κ3) is 4.81. The molecule has 0 unspecified atom stereocenters. The molecule has 0 bridgehead atoms. The summed E-state index contributed by atoms with van der Waals surface area (Å²) in [6.07, 6.45) is 5.18. The average Bonchev–Trinajstić information content (AvgIpc) is 2.72. The molecule has 0 spiro atoms. The van der Waals surface area contributed by atoms with Crippen LogP contribution in [0.1, 0.15) is 39.0 Å². The fourth-order valence-corrected chi connectivity index (χ4v) is 3.36. The third-order valence-corrected chi connectivity index (χ3v) is 4.99. The number of anilines is 1. The van der Waals surface area contributed by atoms with Gasteiger partial charge >= 0.3 is 0 Å². The Labute approximate surface area is 155 Å². The number of nitrogens with zero attached hydrogens (tertiary/aromatic N) is 3. The van der Waals surface area contributed by atoms with Crippen LogP contribution in [0.2, 0.25) is 0 Å². The molecule has 0 radical (unpaired) electrons. The Balaban J connectivity index is 1.49.